The summed E-state index contributed by atoms with van der Waals surface area (Å²) in [6.45, 7) is 3.67. The Kier molecular flexibility index (Phi) is 7.61. The first kappa shape index (κ1) is 23.4. The Bertz CT molecular complexity index is 932. The van der Waals surface area contributed by atoms with Crippen LogP contribution in [0.4, 0.5) is 13.2 Å². The molecule has 32 heavy (non-hydrogen) atoms. The number of halogens is 3. The fraction of sp³-hybridized carbons (Fsp3) is 0.391. The fourth-order valence-electron chi connectivity index (χ4n) is 3.43. The van der Waals surface area contributed by atoms with Gasteiger partial charge in [-0.1, -0.05) is 12.1 Å². The quantitative estimate of drug-likeness (QED) is 0.671. The maximum absolute atomic E-state index is 12.7. The third-order valence-corrected chi connectivity index (χ3v) is 5.10. The van der Waals surface area contributed by atoms with Crippen molar-refractivity contribution in [3.63, 3.8) is 0 Å². The number of alkyl halides is 3. The number of amides is 2. The minimum Gasteiger partial charge on any atom is -0.490 e. The highest BCUT2D eigenvalue weighted by atomic mass is 19.4. The molecule has 2 aromatic rings. The summed E-state index contributed by atoms with van der Waals surface area (Å²) < 4.78 is 49.3. The van der Waals surface area contributed by atoms with Crippen molar-refractivity contribution >= 4 is 11.8 Å². The van der Waals surface area contributed by atoms with Gasteiger partial charge in [0, 0.05) is 31.7 Å². The van der Waals surface area contributed by atoms with Gasteiger partial charge in [0.15, 0.2) is 18.1 Å². The standard InChI is InChI=1S/C23H25F3N2O4/c1-2-31-19-6-3-4-7-20(19)32-16-21(29)27-12-5-13-28(15-14-27)22(30)17-8-10-18(11-9-17)23(24,25)26/h3-4,6-11H,2,5,12-16H2,1H3. The SMILES string of the molecule is CCOc1ccccc1OCC(=O)N1CCCN(C(=O)c2ccc(C(F)(F)F)cc2)CC1. The van der Waals surface area contributed by atoms with Crippen LogP contribution < -0.4 is 9.47 Å². The first-order chi connectivity index (χ1) is 15.3. The molecule has 9 heteroatoms. The van der Waals surface area contributed by atoms with Crippen LogP contribution in [-0.4, -0.2) is 61.0 Å². The van der Waals surface area contributed by atoms with Gasteiger partial charge in [-0.3, -0.25) is 9.59 Å². The molecule has 2 aromatic carbocycles. The monoisotopic (exact) mass is 450 g/mol. The lowest BCUT2D eigenvalue weighted by atomic mass is 10.1. The molecule has 1 aliphatic heterocycles. The normalized spacial score (nSPS) is 14.6. The molecule has 0 bridgehead atoms. The lowest BCUT2D eigenvalue weighted by Crippen LogP contribution is -2.39. The van der Waals surface area contributed by atoms with E-state index in [9.17, 15) is 22.8 Å². The zero-order valence-corrected chi connectivity index (χ0v) is 17.7. The van der Waals surface area contributed by atoms with Gasteiger partial charge in [0.2, 0.25) is 0 Å². The average Bonchev–Trinajstić information content (AvgIpc) is 3.04. The zero-order chi connectivity index (χ0) is 23.1. The number of hydrogen-bond acceptors (Lipinski definition) is 4. The summed E-state index contributed by atoms with van der Waals surface area (Å²) in [5.41, 5.74) is -0.610. The van der Waals surface area contributed by atoms with E-state index in [4.69, 9.17) is 9.47 Å². The summed E-state index contributed by atoms with van der Waals surface area (Å²) in [7, 11) is 0. The summed E-state index contributed by atoms with van der Waals surface area (Å²) >= 11 is 0. The molecule has 3 rings (SSSR count). The first-order valence-electron chi connectivity index (χ1n) is 10.4. The molecular weight excluding hydrogens is 425 g/mol. The summed E-state index contributed by atoms with van der Waals surface area (Å²) in [6.07, 6.45) is -3.88. The molecule has 172 valence electrons. The van der Waals surface area contributed by atoms with E-state index < -0.39 is 11.7 Å². The molecule has 6 nitrogen and oxygen atoms in total. The Morgan fingerprint density at radius 3 is 2.09 bits per heavy atom. The molecule has 1 saturated heterocycles. The van der Waals surface area contributed by atoms with Crippen LogP contribution in [0, 0.1) is 0 Å². The minimum atomic E-state index is -4.45. The number of carbonyl (C=O) groups is 2. The van der Waals surface area contributed by atoms with Crippen molar-refractivity contribution < 1.29 is 32.2 Å². The number of rotatable bonds is 6. The van der Waals surface area contributed by atoms with E-state index in [1.807, 2.05) is 13.0 Å². The van der Waals surface area contributed by atoms with Gasteiger partial charge in [0.05, 0.1) is 12.2 Å². The number of nitrogens with zero attached hydrogens (tertiary/aromatic N) is 2. The third kappa shape index (κ3) is 5.93. The van der Waals surface area contributed by atoms with E-state index in [0.717, 1.165) is 12.1 Å². The molecule has 0 saturated carbocycles. The van der Waals surface area contributed by atoms with Gasteiger partial charge in [0.1, 0.15) is 0 Å². The highest BCUT2D eigenvalue weighted by Crippen LogP contribution is 2.29. The number of para-hydroxylation sites is 2. The van der Waals surface area contributed by atoms with Crippen LogP contribution in [0.5, 0.6) is 11.5 Å². The number of ether oxygens (including phenoxy) is 2. The highest BCUT2D eigenvalue weighted by molar-refractivity contribution is 5.94. The first-order valence-corrected chi connectivity index (χ1v) is 10.4. The number of carbonyl (C=O) groups excluding carboxylic acids is 2. The molecule has 1 aliphatic rings. The van der Waals surface area contributed by atoms with Crippen molar-refractivity contribution in [2.75, 3.05) is 39.4 Å². The number of benzene rings is 2. The second-order valence-corrected chi connectivity index (χ2v) is 7.27. The van der Waals surface area contributed by atoms with E-state index >= 15 is 0 Å². The van der Waals surface area contributed by atoms with Crippen molar-refractivity contribution in [3.05, 3.63) is 59.7 Å². The molecule has 0 aliphatic carbocycles. The molecule has 2 amide bonds. The van der Waals surface area contributed by atoms with E-state index in [1.165, 1.54) is 12.1 Å². The average molecular weight is 450 g/mol. The number of hydrogen-bond donors (Lipinski definition) is 0. The minimum absolute atomic E-state index is 0.156. The Hall–Kier alpha value is -3.23. The van der Waals surface area contributed by atoms with Crippen LogP contribution in [0.2, 0.25) is 0 Å². The predicted molar refractivity (Wildman–Crippen MR) is 112 cm³/mol. The van der Waals surface area contributed by atoms with Crippen LogP contribution >= 0.6 is 0 Å². The molecule has 0 atom stereocenters. The fourth-order valence-corrected chi connectivity index (χ4v) is 3.43. The van der Waals surface area contributed by atoms with Gasteiger partial charge in [-0.2, -0.15) is 13.2 Å². The molecule has 0 aromatic heterocycles. The van der Waals surface area contributed by atoms with Crippen molar-refractivity contribution in [1.82, 2.24) is 9.80 Å². The lowest BCUT2D eigenvalue weighted by Gasteiger charge is -2.22. The molecule has 0 N–H and O–H groups in total. The maximum Gasteiger partial charge on any atom is 0.416 e. The topological polar surface area (TPSA) is 59.1 Å². The van der Waals surface area contributed by atoms with Gasteiger partial charge in [-0.05, 0) is 49.7 Å². The molecule has 0 radical (unpaired) electrons. The summed E-state index contributed by atoms with van der Waals surface area (Å²) in [5.74, 6) is 0.485. The van der Waals surface area contributed by atoms with Crippen molar-refractivity contribution in [2.45, 2.75) is 19.5 Å². The second-order valence-electron chi connectivity index (χ2n) is 7.27. The van der Waals surface area contributed by atoms with E-state index in [-0.39, 0.29) is 24.0 Å². The zero-order valence-electron chi connectivity index (χ0n) is 17.7. The Morgan fingerprint density at radius 1 is 0.875 bits per heavy atom. The molecule has 1 heterocycles. The summed E-state index contributed by atoms with van der Waals surface area (Å²) in [6, 6.07) is 11.3. The Balaban J connectivity index is 1.55. The Labute approximate surface area is 184 Å². The summed E-state index contributed by atoms with van der Waals surface area (Å²) in [4.78, 5) is 28.5. The van der Waals surface area contributed by atoms with Crippen LogP contribution in [0.15, 0.2) is 48.5 Å². The van der Waals surface area contributed by atoms with Gasteiger partial charge in [0.25, 0.3) is 11.8 Å². The van der Waals surface area contributed by atoms with E-state index in [0.29, 0.717) is 50.7 Å². The predicted octanol–water partition coefficient (Wildman–Crippen LogP) is 3.86. The van der Waals surface area contributed by atoms with Crippen LogP contribution in [0.25, 0.3) is 0 Å². The van der Waals surface area contributed by atoms with Gasteiger partial charge < -0.3 is 19.3 Å². The molecular formula is C23H25F3N2O4. The van der Waals surface area contributed by atoms with Gasteiger partial charge in [-0.25, -0.2) is 0 Å². The third-order valence-electron chi connectivity index (χ3n) is 5.10. The summed E-state index contributed by atoms with van der Waals surface area (Å²) in [5, 5.41) is 0. The largest absolute Gasteiger partial charge is 0.490 e. The van der Waals surface area contributed by atoms with E-state index in [2.05, 4.69) is 0 Å². The lowest BCUT2D eigenvalue weighted by molar-refractivity contribution is -0.137. The van der Waals surface area contributed by atoms with Crippen molar-refractivity contribution in [3.8, 4) is 11.5 Å². The van der Waals surface area contributed by atoms with Crippen LogP contribution in [0.3, 0.4) is 0 Å². The highest BCUT2D eigenvalue weighted by Gasteiger charge is 2.30. The second kappa shape index (κ2) is 10.4. The molecule has 1 fully saturated rings. The molecule has 0 spiro atoms. The molecule has 0 unspecified atom stereocenters. The van der Waals surface area contributed by atoms with Crippen LogP contribution in [0.1, 0.15) is 29.3 Å². The Morgan fingerprint density at radius 2 is 1.47 bits per heavy atom. The van der Waals surface area contributed by atoms with Crippen molar-refractivity contribution in [2.24, 2.45) is 0 Å². The van der Waals surface area contributed by atoms with Crippen LogP contribution in [-0.2, 0) is 11.0 Å². The smallest absolute Gasteiger partial charge is 0.416 e. The van der Waals surface area contributed by atoms with Gasteiger partial charge in [-0.15, -0.1) is 0 Å². The van der Waals surface area contributed by atoms with Gasteiger partial charge >= 0.3 is 6.18 Å². The van der Waals surface area contributed by atoms with E-state index in [1.54, 1.807) is 28.0 Å². The maximum atomic E-state index is 12.7. The van der Waals surface area contributed by atoms with Crippen molar-refractivity contribution in [1.29, 1.82) is 0 Å².